The van der Waals surface area contributed by atoms with Crippen molar-refractivity contribution in [2.75, 3.05) is 32.2 Å². The number of nitrogens with zero attached hydrogens (tertiary/aromatic N) is 2. The fourth-order valence-corrected chi connectivity index (χ4v) is 4.29. The summed E-state index contributed by atoms with van der Waals surface area (Å²) in [7, 11) is 1.60. The van der Waals surface area contributed by atoms with Gasteiger partial charge in [0.15, 0.2) is 11.8 Å². The number of benzene rings is 3. The van der Waals surface area contributed by atoms with E-state index < -0.39 is 0 Å². The van der Waals surface area contributed by atoms with Gasteiger partial charge in [-0.25, -0.2) is 4.99 Å². The molecular formula is C27H25N3O4S. The number of ether oxygens (including phenoxy) is 2. The minimum absolute atomic E-state index is 0.0998. The zero-order valence-corrected chi connectivity index (χ0v) is 20.0. The largest absolute Gasteiger partial charge is 0.484 e. The smallest absolute Gasteiger partial charge is 0.266 e. The van der Waals surface area contributed by atoms with Crippen molar-refractivity contribution in [2.24, 2.45) is 4.99 Å². The first kappa shape index (κ1) is 24.3. The minimum Gasteiger partial charge on any atom is -0.484 e. The molecular weight excluding hydrogens is 462 g/mol. The van der Waals surface area contributed by atoms with Gasteiger partial charge in [0, 0.05) is 12.8 Å². The van der Waals surface area contributed by atoms with Crippen LogP contribution in [-0.2, 0) is 14.3 Å². The van der Waals surface area contributed by atoms with Crippen LogP contribution in [0.3, 0.4) is 0 Å². The molecule has 35 heavy (non-hydrogen) atoms. The van der Waals surface area contributed by atoms with Crippen molar-refractivity contribution in [2.45, 2.75) is 0 Å². The highest BCUT2D eigenvalue weighted by molar-refractivity contribution is 8.18. The van der Waals surface area contributed by atoms with Gasteiger partial charge in [0.2, 0.25) is 0 Å². The second-order valence-electron chi connectivity index (χ2n) is 7.56. The average Bonchev–Trinajstić information content (AvgIpc) is 3.17. The molecule has 0 aromatic heterocycles. The second-order valence-corrected chi connectivity index (χ2v) is 8.57. The molecule has 0 aliphatic carbocycles. The van der Waals surface area contributed by atoms with Crippen molar-refractivity contribution in [3.05, 3.63) is 95.4 Å². The number of methoxy groups -OCH3 is 1. The van der Waals surface area contributed by atoms with Gasteiger partial charge in [0.1, 0.15) is 5.75 Å². The molecule has 178 valence electrons. The number of thioether (sulfide) groups is 1. The SMILES string of the molecule is COCCN1C(=O)/C(=C/c2ccc(OCC(=O)Nc3ccccc3)cc2)SC1=Nc1ccccc1. The predicted molar refractivity (Wildman–Crippen MR) is 140 cm³/mol. The highest BCUT2D eigenvalue weighted by Crippen LogP contribution is 2.34. The number of carbonyl (C=O) groups excluding carboxylic acids is 2. The summed E-state index contributed by atoms with van der Waals surface area (Å²) in [5.41, 5.74) is 2.34. The lowest BCUT2D eigenvalue weighted by Gasteiger charge is -2.14. The van der Waals surface area contributed by atoms with Crippen molar-refractivity contribution < 1.29 is 19.1 Å². The summed E-state index contributed by atoms with van der Waals surface area (Å²) in [5, 5.41) is 3.40. The van der Waals surface area contributed by atoms with E-state index in [1.807, 2.05) is 78.9 Å². The Morgan fingerprint density at radius 3 is 2.37 bits per heavy atom. The molecule has 1 aliphatic heterocycles. The highest BCUT2D eigenvalue weighted by atomic mass is 32.2. The van der Waals surface area contributed by atoms with Crippen LogP contribution in [0.4, 0.5) is 11.4 Å². The van der Waals surface area contributed by atoms with Crippen LogP contribution in [0.2, 0.25) is 0 Å². The molecule has 0 atom stereocenters. The molecule has 1 saturated heterocycles. The molecule has 1 fully saturated rings. The maximum Gasteiger partial charge on any atom is 0.266 e. The normalized spacial score (nSPS) is 15.6. The Hall–Kier alpha value is -3.88. The minimum atomic E-state index is -0.239. The van der Waals surface area contributed by atoms with Gasteiger partial charge in [-0.2, -0.15) is 0 Å². The van der Waals surface area contributed by atoms with Gasteiger partial charge < -0.3 is 14.8 Å². The monoisotopic (exact) mass is 487 g/mol. The summed E-state index contributed by atoms with van der Waals surface area (Å²) in [6.45, 7) is 0.734. The van der Waals surface area contributed by atoms with E-state index in [1.165, 1.54) is 11.8 Å². The van der Waals surface area contributed by atoms with Gasteiger partial charge in [0.05, 0.1) is 23.7 Å². The van der Waals surface area contributed by atoms with Crippen molar-refractivity contribution in [1.82, 2.24) is 4.90 Å². The lowest BCUT2D eigenvalue weighted by molar-refractivity contribution is -0.122. The molecule has 2 amide bonds. The van der Waals surface area contributed by atoms with Crippen LogP contribution in [0.5, 0.6) is 5.75 Å². The standard InChI is InChI=1S/C27H25N3O4S/c1-33-17-16-30-26(32)24(35-27(30)29-22-10-6-3-7-11-22)18-20-12-14-23(15-13-20)34-19-25(31)28-21-8-4-2-5-9-21/h2-15,18H,16-17,19H2,1H3,(H,28,31)/b24-18-,29-27?. The van der Waals surface area contributed by atoms with E-state index >= 15 is 0 Å². The lowest BCUT2D eigenvalue weighted by Crippen LogP contribution is -2.32. The molecule has 0 unspecified atom stereocenters. The Bertz CT molecular complexity index is 1210. The van der Waals surface area contributed by atoms with Crippen molar-refractivity contribution in [3.8, 4) is 5.75 Å². The van der Waals surface area contributed by atoms with Crippen LogP contribution < -0.4 is 10.1 Å². The number of nitrogens with one attached hydrogen (secondary N) is 1. The van der Waals surface area contributed by atoms with Crippen LogP contribution in [-0.4, -0.2) is 48.8 Å². The molecule has 1 aliphatic rings. The van der Waals surface area contributed by atoms with Gasteiger partial charge in [-0.05, 0) is 59.8 Å². The van der Waals surface area contributed by atoms with Crippen molar-refractivity contribution in [3.63, 3.8) is 0 Å². The zero-order valence-electron chi connectivity index (χ0n) is 19.2. The zero-order chi connectivity index (χ0) is 24.5. The Labute approximate surface area is 208 Å². The Kier molecular flexibility index (Phi) is 8.32. The number of amidine groups is 1. The third-order valence-electron chi connectivity index (χ3n) is 4.99. The van der Waals surface area contributed by atoms with E-state index in [4.69, 9.17) is 9.47 Å². The molecule has 0 radical (unpaired) electrons. The summed E-state index contributed by atoms with van der Waals surface area (Å²) in [6, 6.07) is 26.0. The average molecular weight is 488 g/mol. The van der Waals surface area contributed by atoms with Gasteiger partial charge in [-0.15, -0.1) is 0 Å². The predicted octanol–water partition coefficient (Wildman–Crippen LogP) is 4.95. The Morgan fingerprint density at radius 1 is 1.00 bits per heavy atom. The molecule has 0 saturated carbocycles. The maximum absolute atomic E-state index is 13.0. The number of carbonyl (C=O) groups is 2. The molecule has 3 aromatic rings. The number of hydrogen-bond acceptors (Lipinski definition) is 6. The van der Waals surface area contributed by atoms with E-state index in [0.717, 1.165) is 16.9 Å². The number of para-hydroxylation sites is 2. The van der Waals surface area contributed by atoms with Crippen LogP contribution in [0.1, 0.15) is 5.56 Å². The van der Waals surface area contributed by atoms with Crippen LogP contribution in [0.15, 0.2) is 94.8 Å². The van der Waals surface area contributed by atoms with Crippen molar-refractivity contribution >= 4 is 46.2 Å². The molecule has 4 rings (SSSR count). The summed E-state index contributed by atoms with van der Waals surface area (Å²) >= 11 is 1.33. The summed E-state index contributed by atoms with van der Waals surface area (Å²) in [4.78, 5) is 32.0. The molecule has 8 heteroatoms. The number of rotatable bonds is 9. The molecule has 7 nitrogen and oxygen atoms in total. The molecule has 0 spiro atoms. The van der Waals surface area contributed by atoms with Gasteiger partial charge in [-0.1, -0.05) is 48.5 Å². The first-order valence-corrected chi connectivity index (χ1v) is 11.9. The van der Waals surface area contributed by atoms with Crippen LogP contribution >= 0.6 is 11.8 Å². The second kappa shape index (κ2) is 12.0. The third kappa shape index (κ3) is 6.81. The van der Waals surface area contributed by atoms with E-state index in [2.05, 4.69) is 10.3 Å². The topological polar surface area (TPSA) is 80.2 Å². The van der Waals surface area contributed by atoms with Crippen molar-refractivity contribution in [1.29, 1.82) is 0 Å². The first-order chi connectivity index (χ1) is 17.1. The lowest BCUT2D eigenvalue weighted by atomic mass is 10.2. The number of hydrogen-bond donors (Lipinski definition) is 1. The Balaban J connectivity index is 1.41. The van der Waals surface area contributed by atoms with Crippen LogP contribution in [0.25, 0.3) is 6.08 Å². The number of aliphatic imine (C=N–C) groups is 1. The fraction of sp³-hybridized carbons (Fsp3) is 0.148. The van der Waals surface area contributed by atoms with E-state index in [1.54, 1.807) is 24.1 Å². The Morgan fingerprint density at radius 2 is 1.69 bits per heavy atom. The fourth-order valence-electron chi connectivity index (χ4n) is 3.26. The molecule has 0 bridgehead atoms. The maximum atomic E-state index is 13.0. The number of amides is 2. The third-order valence-corrected chi connectivity index (χ3v) is 6.00. The summed E-state index contributed by atoms with van der Waals surface area (Å²) in [5.74, 6) is 0.213. The van der Waals surface area contributed by atoms with E-state index in [-0.39, 0.29) is 18.4 Å². The van der Waals surface area contributed by atoms with Crippen LogP contribution in [0, 0.1) is 0 Å². The highest BCUT2D eigenvalue weighted by Gasteiger charge is 2.33. The summed E-state index contributed by atoms with van der Waals surface area (Å²) in [6.07, 6.45) is 1.83. The van der Waals surface area contributed by atoms with E-state index in [9.17, 15) is 9.59 Å². The van der Waals surface area contributed by atoms with E-state index in [0.29, 0.717) is 29.0 Å². The van der Waals surface area contributed by atoms with Gasteiger partial charge >= 0.3 is 0 Å². The molecule has 3 aromatic carbocycles. The molecule has 1 heterocycles. The molecule has 1 N–H and O–H groups in total. The first-order valence-electron chi connectivity index (χ1n) is 11.0. The summed E-state index contributed by atoms with van der Waals surface area (Å²) < 4.78 is 10.8. The quantitative estimate of drug-likeness (QED) is 0.432. The number of anilines is 1. The van der Waals surface area contributed by atoms with Gasteiger partial charge in [-0.3, -0.25) is 14.5 Å². The van der Waals surface area contributed by atoms with Gasteiger partial charge in [0.25, 0.3) is 11.8 Å².